The van der Waals surface area contributed by atoms with Crippen LogP contribution in [0.3, 0.4) is 0 Å². The third-order valence-electron chi connectivity index (χ3n) is 2.93. The molecule has 0 unspecified atom stereocenters. The molecule has 4 heteroatoms. The third-order valence-corrected chi connectivity index (χ3v) is 2.93. The van der Waals surface area contributed by atoms with Crippen molar-refractivity contribution in [3.8, 4) is 11.5 Å². The monoisotopic (exact) mass is 267 g/mol. The number of pyridine rings is 1. The third kappa shape index (κ3) is 2.12. The van der Waals surface area contributed by atoms with Gasteiger partial charge >= 0.3 is 0 Å². The summed E-state index contributed by atoms with van der Waals surface area (Å²) < 4.78 is 19.4. The molecule has 0 radical (unpaired) electrons. The molecular weight excluding hydrogens is 257 g/mol. The van der Waals surface area contributed by atoms with Gasteiger partial charge in [-0.15, -0.1) is 0 Å². The Morgan fingerprint density at radius 1 is 1.05 bits per heavy atom. The number of halogens is 1. The summed E-state index contributed by atoms with van der Waals surface area (Å²) in [4.78, 5) is 15.2. The number of carbonyl (C=O) groups excluding carboxylic acids is 1. The van der Waals surface area contributed by atoms with Crippen LogP contribution in [-0.2, 0) is 0 Å². The fourth-order valence-corrected chi connectivity index (χ4v) is 1.99. The van der Waals surface area contributed by atoms with Crippen molar-refractivity contribution >= 4 is 17.2 Å². The van der Waals surface area contributed by atoms with E-state index in [2.05, 4.69) is 4.98 Å². The predicted molar refractivity (Wildman–Crippen MR) is 73.6 cm³/mol. The first-order chi connectivity index (χ1) is 9.79. The van der Waals surface area contributed by atoms with Gasteiger partial charge in [0.15, 0.2) is 23.6 Å². The Morgan fingerprint density at radius 2 is 1.85 bits per heavy atom. The first-order valence-corrected chi connectivity index (χ1v) is 6.05. The van der Waals surface area contributed by atoms with Crippen LogP contribution in [0.5, 0.6) is 11.5 Å². The van der Waals surface area contributed by atoms with Crippen molar-refractivity contribution in [2.45, 2.75) is 0 Å². The summed E-state index contributed by atoms with van der Waals surface area (Å²) in [5.74, 6) is -0.250. The van der Waals surface area contributed by atoms with Crippen molar-refractivity contribution in [1.82, 2.24) is 4.98 Å². The number of hydrogen-bond acceptors (Lipinski definition) is 3. The number of ether oxygens (including phenoxy) is 1. The van der Waals surface area contributed by atoms with Crippen molar-refractivity contribution in [3.05, 3.63) is 66.1 Å². The number of para-hydroxylation sites is 2. The molecule has 0 bridgehead atoms. The van der Waals surface area contributed by atoms with Gasteiger partial charge in [0.1, 0.15) is 5.52 Å². The zero-order valence-corrected chi connectivity index (χ0v) is 10.4. The van der Waals surface area contributed by atoms with Crippen molar-refractivity contribution in [2.24, 2.45) is 0 Å². The van der Waals surface area contributed by atoms with Gasteiger partial charge in [-0.05, 0) is 24.3 Å². The van der Waals surface area contributed by atoms with Crippen LogP contribution < -0.4 is 4.74 Å². The molecule has 3 aromatic rings. The van der Waals surface area contributed by atoms with E-state index in [1.54, 1.807) is 18.3 Å². The van der Waals surface area contributed by atoms with Gasteiger partial charge in [-0.25, -0.2) is 4.39 Å². The molecule has 0 saturated heterocycles. The molecule has 0 spiro atoms. The molecule has 1 heterocycles. The topological polar surface area (TPSA) is 39.2 Å². The van der Waals surface area contributed by atoms with E-state index in [1.165, 1.54) is 18.2 Å². The lowest BCUT2D eigenvalue weighted by Crippen LogP contribution is -1.95. The zero-order chi connectivity index (χ0) is 13.9. The number of rotatable bonds is 3. The van der Waals surface area contributed by atoms with Gasteiger partial charge in [-0.2, -0.15) is 0 Å². The van der Waals surface area contributed by atoms with E-state index in [9.17, 15) is 9.18 Å². The second-order valence-electron chi connectivity index (χ2n) is 4.21. The summed E-state index contributed by atoms with van der Waals surface area (Å²) in [5.41, 5.74) is 0.785. The number of carbonyl (C=O) groups is 1. The highest BCUT2D eigenvalue weighted by Gasteiger charge is 2.12. The normalized spacial score (nSPS) is 10.4. The highest BCUT2D eigenvalue weighted by atomic mass is 19.1. The number of aromatic nitrogens is 1. The maximum atomic E-state index is 13.8. The van der Waals surface area contributed by atoms with Gasteiger partial charge in [-0.1, -0.05) is 24.3 Å². The average Bonchev–Trinajstić information content (AvgIpc) is 2.49. The summed E-state index contributed by atoms with van der Waals surface area (Å²) in [6.45, 7) is 0. The molecule has 0 atom stereocenters. The Hall–Kier alpha value is -2.75. The molecule has 0 aliphatic heterocycles. The van der Waals surface area contributed by atoms with Crippen LogP contribution in [0, 0.1) is 5.82 Å². The molecule has 3 nitrogen and oxygen atoms in total. The Kier molecular flexibility index (Phi) is 3.13. The molecule has 0 N–H and O–H groups in total. The quantitative estimate of drug-likeness (QED) is 0.674. The molecule has 3 rings (SSSR count). The molecule has 1 aromatic heterocycles. The van der Waals surface area contributed by atoms with Crippen LogP contribution in [0.2, 0.25) is 0 Å². The molecule has 0 fully saturated rings. The maximum Gasteiger partial charge on any atom is 0.173 e. The summed E-state index contributed by atoms with van der Waals surface area (Å²) in [5, 5.41) is 0.883. The number of benzene rings is 2. The number of hydrogen-bond donors (Lipinski definition) is 0. The standard InChI is InChI=1S/C16H10FNO2/c17-13-7-1-5-12(10-19)16(13)20-14-8-2-4-11-6-3-9-18-15(11)14/h1-10H. The number of fused-ring (bicyclic) bond motifs is 1. The van der Waals surface area contributed by atoms with Crippen LogP contribution in [0.25, 0.3) is 10.9 Å². The van der Waals surface area contributed by atoms with Gasteiger partial charge in [0.05, 0.1) is 5.56 Å². The molecule has 20 heavy (non-hydrogen) atoms. The Morgan fingerprint density at radius 3 is 2.70 bits per heavy atom. The Balaban J connectivity index is 2.13. The van der Waals surface area contributed by atoms with E-state index < -0.39 is 5.82 Å². The summed E-state index contributed by atoms with van der Waals surface area (Å²) in [7, 11) is 0. The van der Waals surface area contributed by atoms with Crippen LogP contribution in [0.4, 0.5) is 4.39 Å². The summed E-state index contributed by atoms with van der Waals surface area (Å²) in [6.07, 6.45) is 2.20. The van der Waals surface area contributed by atoms with Crippen LogP contribution in [0.15, 0.2) is 54.7 Å². The SMILES string of the molecule is O=Cc1cccc(F)c1Oc1cccc2cccnc12. The second kappa shape index (κ2) is 5.09. The van der Waals surface area contributed by atoms with E-state index in [1.807, 2.05) is 18.2 Å². The van der Waals surface area contributed by atoms with Crippen LogP contribution in [0.1, 0.15) is 10.4 Å². The molecule has 0 aliphatic carbocycles. The second-order valence-corrected chi connectivity index (χ2v) is 4.21. The average molecular weight is 267 g/mol. The molecular formula is C16H10FNO2. The van der Waals surface area contributed by atoms with Gasteiger partial charge in [0.2, 0.25) is 0 Å². The van der Waals surface area contributed by atoms with E-state index >= 15 is 0 Å². The predicted octanol–water partition coefficient (Wildman–Crippen LogP) is 3.98. The highest BCUT2D eigenvalue weighted by molar-refractivity contribution is 5.85. The van der Waals surface area contributed by atoms with Crippen molar-refractivity contribution in [3.63, 3.8) is 0 Å². The van der Waals surface area contributed by atoms with E-state index in [0.717, 1.165) is 5.39 Å². The molecule has 2 aromatic carbocycles. The smallest absolute Gasteiger partial charge is 0.173 e. The number of nitrogens with zero attached hydrogens (tertiary/aromatic N) is 1. The molecule has 98 valence electrons. The highest BCUT2D eigenvalue weighted by Crippen LogP contribution is 2.31. The molecule has 0 aliphatic rings. The van der Waals surface area contributed by atoms with E-state index in [0.29, 0.717) is 17.6 Å². The lowest BCUT2D eigenvalue weighted by Gasteiger charge is -2.10. The van der Waals surface area contributed by atoms with E-state index in [4.69, 9.17) is 4.74 Å². The van der Waals surface area contributed by atoms with Crippen molar-refractivity contribution < 1.29 is 13.9 Å². The fourth-order valence-electron chi connectivity index (χ4n) is 1.99. The van der Waals surface area contributed by atoms with Gasteiger partial charge in [0.25, 0.3) is 0 Å². The van der Waals surface area contributed by atoms with Crippen molar-refractivity contribution in [1.29, 1.82) is 0 Å². The lowest BCUT2D eigenvalue weighted by molar-refractivity contribution is 0.112. The van der Waals surface area contributed by atoms with Crippen LogP contribution in [-0.4, -0.2) is 11.3 Å². The maximum absolute atomic E-state index is 13.8. The lowest BCUT2D eigenvalue weighted by atomic mass is 10.2. The Bertz CT molecular complexity index is 781. The minimum Gasteiger partial charge on any atom is -0.451 e. The van der Waals surface area contributed by atoms with Gasteiger partial charge in [-0.3, -0.25) is 9.78 Å². The summed E-state index contributed by atoms with van der Waals surface area (Å²) in [6, 6.07) is 13.3. The van der Waals surface area contributed by atoms with Crippen LogP contribution >= 0.6 is 0 Å². The fraction of sp³-hybridized carbons (Fsp3) is 0. The van der Waals surface area contributed by atoms with E-state index in [-0.39, 0.29) is 11.3 Å². The Labute approximate surface area is 114 Å². The molecule has 0 amide bonds. The zero-order valence-electron chi connectivity index (χ0n) is 10.4. The summed E-state index contributed by atoms with van der Waals surface area (Å²) >= 11 is 0. The van der Waals surface area contributed by atoms with Gasteiger partial charge < -0.3 is 4.74 Å². The van der Waals surface area contributed by atoms with Crippen molar-refractivity contribution in [2.75, 3.05) is 0 Å². The number of aldehydes is 1. The molecule has 0 saturated carbocycles. The first-order valence-electron chi connectivity index (χ1n) is 6.05. The largest absolute Gasteiger partial charge is 0.451 e. The minimum atomic E-state index is -0.581. The first kappa shape index (κ1) is 12.3. The minimum absolute atomic E-state index is 0.0827. The van der Waals surface area contributed by atoms with Gasteiger partial charge in [0, 0.05) is 11.6 Å².